The van der Waals surface area contributed by atoms with Gasteiger partial charge in [-0.25, -0.2) is 17.9 Å². The van der Waals surface area contributed by atoms with Crippen molar-refractivity contribution in [1.82, 2.24) is 10.0 Å². The van der Waals surface area contributed by atoms with E-state index in [1.54, 1.807) is 13.8 Å². The summed E-state index contributed by atoms with van der Waals surface area (Å²) < 4.78 is 30.1. The van der Waals surface area contributed by atoms with Crippen molar-refractivity contribution >= 4 is 21.9 Å². The lowest BCUT2D eigenvalue weighted by molar-refractivity contribution is -0.147. The zero-order valence-corrected chi connectivity index (χ0v) is 13.8. The number of benzene rings is 1. The molecular formula is C14H20N2O5S. The smallest absolute Gasteiger partial charge is 0.331 e. The third kappa shape index (κ3) is 3.83. The van der Waals surface area contributed by atoms with Gasteiger partial charge in [-0.05, 0) is 44.7 Å². The molecule has 1 aromatic carbocycles. The highest BCUT2D eigenvalue weighted by Crippen LogP contribution is 2.14. The van der Waals surface area contributed by atoms with Gasteiger partial charge in [0.2, 0.25) is 10.0 Å². The van der Waals surface area contributed by atoms with E-state index in [0.29, 0.717) is 6.42 Å². The van der Waals surface area contributed by atoms with Gasteiger partial charge in [0.1, 0.15) is 5.54 Å². The van der Waals surface area contributed by atoms with Crippen LogP contribution in [0.3, 0.4) is 0 Å². The third-order valence-electron chi connectivity index (χ3n) is 3.43. The SMILES string of the molecule is CC[C@](C)(NC(=O)c1ccc(S(=O)(=O)NC)cc1)C(=O)OC. The molecule has 0 radical (unpaired) electrons. The molecule has 0 fully saturated rings. The second kappa shape index (κ2) is 6.89. The van der Waals surface area contributed by atoms with Gasteiger partial charge in [0.15, 0.2) is 0 Å². The van der Waals surface area contributed by atoms with E-state index in [0.717, 1.165) is 0 Å². The minimum absolute atomic E-state index is 0.0535. The number of sulfonamides is 1. The van der Waals surface area contributed by atoms with Gasteiger partial charge in [-0.2, -0.15) is 0 Å². The molecule has 0 aliphatic heterocycles. The summed E-state index contributed by atoms with van der Waals surface area (Å²) in [5.41, 5.74) is -0.889. The fraction of sp³-hybridized carbons (Fsp3) is 0.429. The average Bonchev–Trinajstić information content (AvgIpc) is 2.53. The van der Waals surface area contributed by atoms with E-state index < -0.39 is 27.4 Å². The Balaban J connectivity index is 2.98. The molecule has 0 spiro atoms. The maximum atomic E-state index is 12.2. The molecule has 0 saturated carbocycles. The van der Waals surface area contributed by atoms with Crippen LogP contribution in [0, 0.1) is 0 Å². The van der Waals surface area contributed by atoms with Crippen LogP contribution < -0.4 is 10.0 Å². The number of nitrogens with one attached hydrogen (secondary N) is 2. The number of rotatable bonds is 6. The molecule has 0 aliphatic rings. The van der Waals surface area contributed by atoms with E-state index >= 15 is 0 Å². The molecule has 8 heteroatoms. The zero-order chi connectivity index (χ0) is 17.0. The molecular weight excluding hydrogens is 308 g/mol. The fourth-order valence-electron chi connectivity index (χ4n) is 1.74. The molecule has 1 aromatic rings. The van der Waals surface area contributed by atoms with Crippen LogP contribution in [0.15, 0.2) is 29.2 Å². The summed E-state index contributed by atoms with van der Waals surface area (Å²) in [6, 6.07) is 5.41. The number of carbonyl (C=O) groups is 2. The Morgan fingerprint density at radius 2 is 1.77 bits per heavy atom. The van der Waals surface area contributed by atoms with E-state index in [4.69, 9.17) is 0 Å². The predicted octanol–water partition coefficient (Wildman–Crippen LogP) is 0.666. The summed E-state index contributed by atoms with van der Waals surface area (Å²) in [4.78, 5) is 24.0. The van der Waals surface area contributed by atoms with E-state index in [-0.39, 0.29) is 10.5 Å². The average molecular weight is 328 g/mol. The fourth-order valence-corrected chi connectivity index (χ4v) is 2.47. The topological polar surface area (TPSA) is 102 Å². The minimum atomic E-state index is -3.55. The molecule has 7 nitrogen and oxygen atoms in total. The van der Waals surface area contributed by atoms with Gasteiger partial charge in [0, 0.05) is 5.56 Å². The summed E-state index contributed by atoms with van der Waals surface area (Å²) in [6.45, 7) is 3.32. The molecule has 0 aliphatic carbocycles. The summed E-state index contributed by atoms with van der Waals surface area (Å²) in [7, 11) is -0.999. The highest BCUT2D eigenvalue weighted by molar-refractivity contribution is 7.89. The van der Waals surface area contributed by atoms with Gasteiger partial charge < -0.3 is 10.1 Å². The Labute approximate surface area is 130 Å². The molecule has 0 bridgehead atoms. The number of hydrogen-bond donors (Lipinski definition) is 2. The monoisotopic (exact) mass is 328 g/mol. The molecule has 0 unspecified atom stereocenters. The number of carbonyl (C=O) groups excluding carboxylic acids is 2. The second-order valence-corrected chi connectivity index (χ2v) is 6.75. The van der Waals surface area contributed by atoms with Crippen LogP contribution in [0.2, 0.25) is 0 Å². The lowest BCUT2D eigenvalue weighted by atomic mass is 9.98. The molecule has 0 aromatic heterocycles. The van der Waals surface area contributed by atoms with Crippen LogP contribution in [0.4, 0.5) is 0 Å². The first kappa shape index (κ1) is 18.1. The van der Waals surface area contributed by atoms with Crippen molar-refractivity contribution in [2.75, 3.05) is 14.2 Å². The maximum Gasteiger partial charge on any atom is 0.331 e. The summed E-state index contributed by atoms with van der Waals surface area (Å²) in [6.07, 6.45) is 0.359. The Hall–Kier alpha value is -1.93. The molecule has 122 valence electrons. The molecule has 2 N–H and O–H groups in total. The Kier molecular flexibility index (Phi) is 5.67. The Morgan fingerprint density at radius 1 is 1.23 bits per heavy atom. The van der Waals surface area contributed by atoms with Crippen molar-refractivity contribution in [3.63, 3.8) is 0 Å². The van der Waals surface area contributed by atoms with Crippen molar-refractivity contribution in [3.05, 3.63) is 29.8 Å². The summed E-state index contributed by atoms with van der Waals surface area (Å²) in [5.74, 6) is -1.03. The largest absolute Gasteiger partial charge is 0.467 e. The number of amides is 1. The molecule has 0 saturated heterocycles. The normalized spacial score (nSPS) is 14.0. The van der Waals surface area contributed by atoms with Gasteiger partial charge in [0.25, 0.3) is 5.91 Å². The molecule has 0 heterocycles. The first-order valence-corrected chi connectivity index (χ1v) is 8.13. The standard InChI is InChI=1S/C14H20N2O5S/c1-5-14(2,13(18)21-4)16-12(17)10-6-8-11(9-7-10)22(19,20)15-3/h6-9,15H,5H2,1-4H3,(H,16,17)/t14-/m0/s1. The molecule has 22 heavy (non-hydrogen) atoms. The van der Waals surface area contributed by atoms with Gasteiger partial charge >= 0.3 is 5.97 Å². The number of hydrogen-bond acceptors (Lipinski definition) is 5. The van der Waals surface area contributed by atoms with Crippen LogP contribution in [0.25, 0.3) is 0 Å². The van der Waals surface area contributed by atoms with E-state index in [9.17, 15) is 18.0 Å². The first-order valence-electron chi connectivity index (χ1n) is 6.64. The molecule has 1 atom stereocenters. The third-order valence-corrected chi connectivity index (χ3v) is 4.86. The zero-order valence-electron chi connectivity index (χ0n) is 13.0. The number of ether oxygens (including phenoxy) is 1. The minimum Gasteiger partial charge on any atom is -0.467 e. The van der Waals surface area contributed by atoms with Crippen molar-refractivity contribution < 1.29 is 22.7 Å². The highest BCUT2D eigenvalue weighted by atomic mass is 32.2. The van der Waals surface area contributed by atoms with Crippen LogP contribution in [0.1, 0.15) is 30.6 Å². The maximum absolute atomic E-state index is 12.2. The summed E-state index contributed by atoms with van der Waals surface area (Å²) in [5, 5.41) is 2.60. The lowest BCUT2D eigenvalue weighted by Crippen LogP contribution is -2.52. The van der Waals surface area contributed by atoms with Gasteiger partial charge in [0.05, 0.1) is 12.0 Å². The van der Waals surface area contributed by atoms with Crippen molar-refractivity contribution in [2.45, 2.75) is 30.7 Å². The highest BCUT2D eigenvalue weighted by Gasteiger charge is 2.34. The van der Waals surface area contributed by atoms with E-state index in [1.165, 1.54) is 38.4 Å². The predicted molar refractivity (Wildman–Crippen MR) is 80.9 cm³/mol. The van der Waals surface area contributed by atoms with Crippen molar-refractivity contribution in [2.24, 2.45) is 0 Å². The van der Waals surface area contributed by atoms with Crippen LogP contribution in [-0.2, 0) is 19.6 Å². The van der Waals surface area contributed by atoms with E-state index in [2.05, 4.69) is 14.8 Å². The van der Waals surface area contributed by atoms with Crippen LogP contribution in [0.5, 0.6) is 0 Å². The van der Waals surface area contributed by atoms with Crippen LogP contribution in [-0.4, -0.2) is 40.0 Å². The molecule has 1 rings (SSSR count). The van der Waals surface area contributed by atoms with Crippen LogP contribution >= 0.6 is 0 Å². The summed E-state index contributed by atoms with van der Waals surface area (Å²) >= 11 is 0. The number of esters is 1. The second-order valence-electron chi connectivity index (χ2n) is 4.86. The Bertz CT molecular complexity index is 654. The van der Waals surface area contributed by atoms with Crippen molar-refractivity contribution in [3.8, 4) is 0 Å². The first-order chi connectivity index (χ1) is 10.2. The lowest BCUT2D eigenvalue weighted by Gasteiger charge is -2.26. The quantitative estimate of drug-likeness (QED) is 0.747. The van der Waals surface area contributed by atoms with Gasteiger partial charge in [-0.1, -0.05) is 6.92 Å². The Morgan fingerprint density at radius 3 is 2.18 bits per heavy atom. The number of methoxy groups -OCH3 is 1. The van der Waals surface area contributed by atoms with Crippen molar-refractivity contribution in [1.29, 1.82) is 0 Å². The van der Waals surface area contributed by atoms with Gasteiger partial charge in [-0.3, -0.25) is 4.79 Å². The van der Waals surface area contributed by atoms with Gasteiger partial charge in [-0.15, -0.1) is 0 Å². The molecule has 1 amide bonds. The van der Waals surface area contributed by atoms with E-state index in [1.807, 2.05) is 0 Å².